The largest absolute Gasteiger partial charge is 0.393 e. The highest BCUT2D eigenvalue weighted by Gasteiger charge is 2.62. The highest BCUT2D eigenvalue weighted by Crippen LogP contribution is 2.66. The molecule has 0 aromatic carbocycles. The lowest BCUT2D eigenvalue weighted by atomic mass is 9.46. The fraction of sp³-hybridized carbons (Fsp3) is 0.607. The molecule has 4 aliphatic carbocycles. The van der Waals surface area contributed by atoms with Crippen molar-refractivity contribution in [3.63, 3.8) is 0 Å². The molecule has 3 saturated carbocycles. The first-order valence-corrected chi connectivity index (χ1v) is 13.7. The Bertz CT molecular complexity index is 1070. The van der Waals surface area contributed by atoms with E-state index in [0.717, 1.165) is 49.3 Å². The van der Waals surface area contributed by atoms with Gasteiger partial charge in [-0.3, -0.25) is 14.9 Å². The molecule has 0 bridgehead atoms. The van der Waals surface area contributed by atoms with E-state index in [2.05, 4.69) is 41.7 Å². The van der Waals surface area contributed by atoms with Crippen molar-refractivity contribution in [3.8, 4) is 0 Å². The van der Waals surface area contributed by atoms with Crippen LogP contribution >= 0.6 is 11.8 Å². The SMILES string of the molecule is C=C/C=C\N=C(C)SCC(=O)C1CCC2C3CCC4=Cc5[nH]ncc5CC4(C)C3C(O)CC12C. The van der Waals surface area contributed by atoms with Gasteiger partial charge >= 0.3 is 0 Å². The van der Waals surface area contributed by atoms with Crippen molar-refractivity contribution < 1.29 is 9.90 Å². The third-order valence-electron chi connectivity index (χ3n) is 9.59. The van der Waals surface area contributed by atoms with Crippen molar-refractivity contribution in [1.29, 1.82) is 0 Å². The van der Waals surface area contributed by atoms with Crippen LogP contribution in [0.15, 0.2) is 41.7 Å². The van der Waals surface area contributed by atoms with Crippen LogP contribution in [0.3, 0.4) is 0 Å². The molecule has 34 heavy (non-hydrogen) atoms. The van der Waals surface area contributed by atoms with Crippen LogP contribution in [-0.2, 0) is 11.2 Å². The van der Waals surface area contributed by atoms with Crippen molar-refractivity contribution in [3.05, 3.63) is 48.0 Å². The maximum Gasteiger partial charge on any atom is 0.146 e. The summed E-state index contributed by atoms with van der Waals surface area (Å²) in [6.45, 7) is 10.3. The molecule has 0 spiro atoms. The van der Waals surface area contributed by atoms with Crippen LogP contribution in [0.1, 0.15) is 64.1 Å². The quantitative estimate of drug-likeness (QED) is 0.327. The number of aliphatic hydroxyl groups excluding tert-OH is 1. The standard InChI is InChI=1S/C28H37N3O2S/c1-5-6-11-29-17(2)34-16-25(33)22-10-9-21-20-8-7-19-12-23-18(15-30-31-23)13-27(19,3)26(20)24(32)14-28(21,22)4/h5-6,11-12,15,20-22,24,26,32H,1,7-10,13-14,16H2,2-4H3,(H,30,31)/b11-6-,29-17?. The number of carbonyl (C=O) groups excluding carboxylic acids is 1. The summed E-state index contributed by atoms with van der Waals surface area (Å²) in [4.78, 5) is 17.8. The molecule has 5 rings (SSSR count). The first-order chi connectivity index (χ1) is 16.3. The number of hydrogen-bond acceptors (Lipinski definition) is 5. The van der Waals surface area contributed by atoms with Crippen molar-refractivity contribution in [2.75, 3.05) is 5.75 Å². The Kier molecular flexibility index (Phi) is 6.26. The maximum absolute atomic E-state index is 13.4. The van der Waals surface area contributed by atoms with Crippen molar-refractivity contribution in [2.24, 2.45) is 39.5 Å². The van der Waals surface area contributed by atoms with Gasteiger partial charge in [0, 0.05) is 12.1 Å². The summed E-state index contributed by atoms with van der Waals surface area (Å²) >= 11 is 1.53. The number of carbonyl (C=O) groups is 1. The van der Waals surface area contributed by atoms with E-state index in [0.29, 0.717) is 23.4 Å². The Morgan fingerprint density at radius 1 is 1.38 bits per heavy atom. The van der Waals surface area contributed by atoms with Crippen LogP contribution in [0.25, 0.3) is 6.08 Å². The van der Waals surface area contributed by atoms with Crippen LogP contribution in [0, 0.1) is 34.5 Å². The molecular formula is C28H37N3O2S. The monoisotopic (exact) mass is 479 g/mol. The summed E-state index contributed by atoms with van der Waals surface area (Å²) in [5.74, 6) is 2.06. The highest BCUT2D eigenvalue weighted by atomic mass is 32.2. The zero-order valence-electron chi connectivity index (χ0n) is 20.6. The Morgan fingerprint density at radius 2 is 2.21 bits per heavy atom. The Labute approximate surface area is 207 Å². The number of aliphatic hydroxyl groups is 1. The van der Waals surface area contributed by atoms with Gasteiger partial charge in [-0.05, 0) is 91.7 Å². The van der Waals surface area contributed by atoms with E-state index in [9.17, 15) is 9.90 Å². The number of rotatable bonds is 5. The van der Waals surface area contributed by atoms with Crippen molar-refractivity contribution in [1.82, 2.24) is 10.2 Å². The number of aromatic amines is 1. The molecule has 7 atom stereocenters. The molecule has 6 heteroatoms. The number of aromatic nitrogens is 2. The van der Waals surface area contributed by atoms with Gasteiger partial charge in [0.15, 0.2) is 0 Å². The summed E-state index contributed by atoms with van der Waals surface area (Å²) < 4.78 is 0. The number of aliphatic imine (C=N–C) groups is 1. The molecule has 3 fully saturated rings. The lowest BCUT2D eigenvalue weighted by Crippen LogP contribution is -2.57. The molecule has 1 aromatic rings. The number of ketones is 1. The minimum Gasteiger partial charge on any atom is -0.393 e. The number of Topliss-reactive ketones (excluding diaryl/α,β-unsaturated/α-hetero) is 1. The second kappa shape index (κ2) is 8.94. The van der Waals surface area contributed by atoms with Gasteiger partial charge in [-0.25, -0.2) is 0 Å². The molecule has 1 heterocycles. The van der Waals surface area contributed by atoms with E-state index in [1.165, 1.54) is 22.9 Å². The molecular weight excluding hydrogens is 442 g/mol. The lowest BCUT2D eigenvalue weighted by Gasteiger charge is -2.59. The number of hydrogen-bond donors (Lipinski definition) is 2. The zero-order valence-corrected chi connectivity index (χ0v) is 21.4. The lowest BCUT2D eigenvalue weighted by molar-refractivity contribution is -0.140. The van der Waals surface area contributed by atoms with Gasteiger partial charge in [-0.2, -0.15) is 5.10 Å². The summed E-state index contributed by atoms with van der Waals surface area (Å²) in [5.41, 5.74) is 3.74. The number of nitrogens with one attached hydrogen (secondary N) is 1. The molecule has 4 aliphatic rings. The van der Waals surface area contributed by atoms with E-state index in [-0.39, 0.29) is 28.8 Å². The summed E-state index contributed by atoms with van der Waals surface area (Å²) in [7, 11) is 0. The van der Waals surface area contributed by atoms with Gasteiger partial charge in [0.1, 0.15) is 5.78 Å². The number of H-pyrrole nitrogens is 1. The van der Waals surface area contributed by atoms with Gasteiger partial charge in [0.05, 0.1) is 28.8 Å². The summed E-state index contributed by atoms with van der Waals surface area (Å²) in [6, 6.07) is 0. The smallest absolute Gasteiger partial charge is 0.146 e. The van der Waals surface area contributed by atoms with Crippen molar-refractivity contribution >= 4 is 28.7 Å². The van der Waals surface area contributed by atoms with Gasteiger partial charge in [-0.1, -0.05) is 32.1 Å². The molecule has 182 valence electrons. The molecule has 0 amide bonds. The zero-order chi connectivity index (χ0) is 24.1. The van der Waals surface area contributed by atoms with Crippen LogP contribution in [0.2, 0.25) is 0 Å². The van der Waals surface area contributed by atoms with E-state index < -0.39 is 0 Å². The van der Waals surface area contributed by atoms with E-state index in [1.807, 2.05) is 13.1 Å². The predicted octanol–water partition coefficient (Wildman–Crippen LogP) is 5.60. The van der Waals surface area contributed by atoms with Crippen LogP contribution in [-0.4, -0.2) is 38.0 Å². The first-order valence-electron chi connectivity index (χ1n) is 12.7. The van der Waals surface area contributed by atoms with Crippen LogP contribution in [0.5, 0.6) is 0 Å². The van der Waals surface area contributed by atoms with Gasteiger partial charge in [0.25, 0.3) is 0 Å². The third-order valence-corrected chi connectivity index (χ3v) is 10.5. The molecule has 0 aliphatic heterocycles. The van der Waals surface area contributed by atoms with Gasteiger partial charge in [-0.15, -0.1) is 11.8 Å². The summed E-state index contributed by atoms with van der Waals surface area (Å²) in [6.07, 6.45) is 15.0. The average molecular weight is 480 g/mol. The second-order valence-corrected chi connectivity index (χ2v) is 12.5. The molecule has 0 saturated heterocycles. The minimum absolute atomic E-state index is 0.0228. The summed E-state index contributed by atoms with van der Waals surface area (Å²) in [5, 5.41) is 20.0. The Morgan fingerprint density at radius 3 is 3.00 bits per heavy atom. The highest BCUT2D eigenvalue weighted by molar-refractivity contribution is 8.14. The Hall–Kier alpha value is -1.92. The number of thioether (sulfide) groups is 1. The third kappa shape index (κ3) is 3.78. The Balaban J connectivity index is 1.34. The predicted molar refractivity (Wildman–Crippen MR) is 139 cm³/mol. The number of nitrogens with zero attached hydrogens (tertiary/aromatic N) is 2. The van der Waals surface area contributed by atoms with E-state index in [1.54, 1.807) is 18.4 Å². The maximum atomic E-state index is 13.4. The molecule has 2 N–H and O–H groups in total. The number of allylic oxidation sites excluding steroid dienone is 3. The minimum atomic E-state index is -0.373. The fourth-order valence-corrected chi connectivity index (χ4v) is 8.84. The van der Waals surface area contributed by atoms with Crippen LogP contribution < -0.4 is 0 Å². The van der Waals surface area contributed by atoms with Gasteiger partial charge in [0.2, 0.25) is 0 Å². The van der Waals surface area contributed by atoms with Crippen molar-refractivity contribution in [2.45, 2.75) is 65.4 Å². The van der Waals surface area contributed by atoms with E-state index >= 15 is 0 Å². The van der Waals surface area contributed by atoms with Gasteiger partial charge < -0.3 is 5.11 Å². The van der Waals surface area contributed by atoms with Crippen LogP contribution in [0.4, 0.5) is 0 Å². The molecule has 0 radical (unpaired) electrons. The first kappa shape index (κ1) is 23.8. The molecule has 7 unspecified atom stereocenters. The van der Waals surface area contributed by atoms with E-state index in [4.69, 9.17) is 0 Å². The second-order valence-electron chi connectivity index (χ2n) is 11.3. The number of fused-ring (bicyclic) bond motifs is 6. The molecule has 1 aromatic heterocycles. The average Bonchev–Trinajstić information content (AvgIpc) is 3.38. The topological polar surface area (TPSA) is 78.3 Å². The molecule has 5 nitrogen and oxygen atoms in total. The normalized spacial score (nSPS) is 39.1. The fourth-order valence-electron chi connectivity index (χ4n) is 8.15.